The van der Waals surface area contributed by atoms with Crippen molar-refractivity contribution in [2.75, 3.05) is 24.1 Å². The summed E-state index contributed by atoms with van der Waals surface area (Å²) in [5.74, 6) is -1.10. The van der Waals surface area contributed by atoms with Crippen molar-refractivity contribution in [2.45, 2.75) is 13.5 Å². The number of hydrogen-bond donors (Lipinski definition) is 1. The fourth-order valence-electron chi connectivity index (χ4n) is 2.43. The van der Waals surface area contributed by atoms with E-state index in [1.54, 1.807) is 17.0 Å². The van der Waals surface area contributed by atoms with E-state index in [1.807, 2.05) is 37.3 Å². The summed E-state index contributed by atoms with van der Waals surface area (Å²) in [5, 5.41) is 0. The molecule has 0 heterocycles. The Morgan fingerprint density at radius 1 is 1.04 bits per heavy atom. The van der Waals surface area contributed by atoms with Gasteiger partial charge in [-0.05, 0) is 24.6 Å². The minimum absolute atomic E-state index is 0.0434. The van der Waals surface area contributed by atoms with Crippen molar-refractivity contribution in [3.05, 3.63) is 65.7 Å². The molecule has 2 aromatic rings. The topological polar surface area (TPSA) is 92.8 Å². The van der Waals surface area contributed by atoms with Gasteiger partial charge in [0.15, 0.2) is 6.61 Å². The normalized spacial score (nSPS) is 10.9. The van der Waals surface area contributed by atoms with Crippen LogP contribution in [0.1, 0.15) is 22.8 Å². The third-order valence-electron chi connectivity index (χ3n) is 3.72. The Balaban J connectivity index is 2.01. The van der Waals surface area contributed by atoms with E-state index in [-0.39, 0.29) is 17.2 Å². The molecule has 0 saturated heterocycles. The number of esters is 1. The lowest BCUT2D eigenvalue weighted by molar-refractivity contribution is -0.134. The number of nitrogens with zero attached hydrogens (tertiary/aromatic N) is 1. The first-order valence-corrected chi connectivity index (χ1v) is 10.2. The monoisotopic (exact) mass is 390 g/mol. The highest BCUT2D eigenvalue weighted by molar-refractivity contribution is 7.92. The largest absolute Gasteiger partial charge is 0.452 e. The molecule has 0 spiro atoms. The van der Waals surface area contributed by atoms with Crippen molar-refractivity contribution in [3.63, 3.8) is 0 Å². The predicted octanol–water partition coefficient (Wildman–Crippen LogP) is 2.26. The summed E-state index contributed by atoms with van der Waals surface area (Å²) in [7, 11) is -3.55. The number of para-hydroxylation sites is 1. The number of sulfonamides is 1. The van der Waals surface area contributed by atoms with Crippen LogP contribution in [0.15, 0.2) is 54.6 Å². The molecular formula is C19H22N2O5S. The van der Waals surface area contributed by atoms with Gasteiger partial charge in [0, 0.05) is 13.1 Å². The highest BCUT2D eigenvalue weighted by atomic mass is 32.2. The number of anilines is 1. The Kier molecular flexibility index (Phi) is 6.95. The smallest absolute Gasteiger partial charge is 0.340 e. The molecule has 0 fully saturated rings. The summed E-state index contributed by atoms with van der Waals surface area (Å²) in [6.45, 7) is 2.30. The molecule has 7 nitrogen and oxygen atoms in total. The van der Waals surface area contributed by atoms with E-state index >= 15 is 0 Å². The summed E-state index contributed by atoms with van der Waals surface area (Å²) in [5.41, 5.74) is 1.12. The molecule has 144 valence electrons. The van der Waals surface area contributed by atoms with Crippen LogP contribution in [-0.4, -0.2) is 44.6 Å². The zero-order chi connectivity index (χ0) is 19.9. The van der Waals surface area contributed by atoms with Gasteiger partial charge >= 0.3 is 5.97 Å². The number of rotatable bonds is 8. The molecule has 0 aliphatic heterocycles. The fraction of sp³-hybridized carbons (Fsp3) is 0.263. The van der Waals surface area contributed by atoms with Crippen molar-refractivity contribution < 1.29 is 22.7 Å². The number of hydrogen-bond acceptors (Lipinski definition) is 5. The molecule has 0 atom stereocenters. The van der Waals surface area contributed by atoms with Gasteiger partial charge in [0.05, 0.1) is 17.5 Å². The second-order valence-corrected chi connectivity index (χ2v) is 7.64. The minimum Gasteiger partial charge on any atom is -0.452 e. The van der Waals surface area contributed by atoms with Crippen molar-refractivity contribution in [3.8, 4) is 0 Å². The van der Waals surface area contributed by atoms with E-state index in [1.165, 1.54) is 12.1 Å². The SMILES string of the molecule is CCN(Cc1ccccc1)C(=O)COC(=O)c1ccccc1NS(C)(=O)=O. The number of carbonyl (C=O) groups is 2. The lowest BCUT2D eigenvalue weighted by atomic mass is 10.2. The van der Waals surface area contributed by atoms with Gasteiger partial charge in [-0.25, -0.2) is 13.2 Å². The molecule has 0 aliphatic carbocycles. The summed E-state index contributed by atoms with van der Waals surface area (Å²) >= 11 is 0. The molecule has 0 saturated carbocycles. The Bertz CT molecular complexity index is 897. The van der Waals surface area contributed by atoms with E-state index in [9.17, 15) is 18.0 Å². The van der Waals surface area contributed by atoms with Gasteiger partial charge in [-0.1, -0.05) is 42.5 Å². The first kappa shape index (κ1) is 20.4. The molecule has 8 heteroatoms. The molecule has 2 rings (SSSR count). The van der Waals surface area contributed by atoms with Gasteiger partial charge in [-0.15, -0.1) is 0 Å². The standard InChI is InChI=1S/C19H22N2O5S/c1-3-21(13-15-9-5-4-6-10-15)18(22)14-26-19(23)16-11-7-8-12-17(16)20-27(2,24)25/h4-12,20H,3,13-14H2,1-2H3. The molecule has 1 N–H and O–H groups in total. The van der Waals surface area contributed by atoms with Gasteiger partial charge < -0.3 is 9.64 Å². The summed E-state index contributed by atoms with van der Waals surface area (Å²) in [6, 6.07) is 15.6. The van der Waals surface area contributed by atoms with Crippen molar-refractivity contribution in [1.82, 2.24) is 4.90 Å². The molecule has 0 unspecified atom stereocenters. The number of carbonyl (C=O) groups excluding carboxylic acids is 2. The second kappa shape index (κ2) is 9.18. The van der Waals surface area contributed by atoms with E-state index in [0.29, 0.717) is 13.1 Å². The summed E-state index contributed by atoms with van der Waals surface area (Å²) in [6.07, 6.45) is 0.987. The molecule has 2 aromatic carbocycles. The maximum Gasteiger partial charge on any atom is 0.340 e. The van der Waals surface area contributed by atoms with Gasteiger partial charge in [0.1, 0.15) is 0 Å². The molecule has 0 aromatic heterocycles. The predicted molar refractivity (Wildman–Crippen MR) is 103 cm³/mol. The number of nitrogens with one attached hydrogen (secondary N) is 1. The van der Waals surface area contributed by atoms with E-state index in [0.717, 1.165) is 11.8 Å². The highest BCUT2D eigenvalue weighted by Gasteiger charge is 2.18. The number of likely N-dealkylation sites (N-methyl/N-ethyl adjacent to an activating group) is 1. The average molecular weight is 390 g/mol. The van der Waals surface area contributed by atoms with Crippen LogP contribution < -0.4 is 4.72 Å². The van der Waals surface area contributed by atoms with Gasteiger partial charge in [0.25, 0.3) is 5.91 Å². The first-order chi connectivity index (χ1) is 12.8. The van der Waals surface area contributed by atoms with Crippen LogP contribution in [0.4, 0.5) is 5.69 Å². The zero-order valence-corrected chi connectivity index (χ0v) is 16.0. The number of ether oxygens (including phenoxy) is 1. The van der Waals surface area contributed by atoms with Gasteiger partial charge in [-0.3, -0.25) is 9.52 Å². The van der Waals surface area contributed by atoms with Crippen LogP contribution in [0.5, 0.6) is 0 Å². The third-order valence-corrected chi connectivity index (χ3v) is 4.31. The van der Waals surface area contributed by atoms with Crippen LogP contribution in [0, 0.1) is 0 Å². The molecular weight excluding hydrogens is 368 g/mol. The summed E-state index contributed by atoms with van der Waals surface area (Å²) in [4.78, 5) is 26.2. The molecule has 27 heavy (non-hydrogen) atoms. The highest BCUT2D eigenvalue weighted by Crippen LogP contribution is 2.17. The molecule has 0 radical (unpaired) electrons. The maximum atomic E-state index is 12.4. The van der Waals surface area contributed by atoms with Gasteiger partial charge in [-0.2, -0.15) is 0 Å². The fourth-order valence-corrected chi connectivity index (χ4v) is 3.00. The van der Waals surface area contributed by atoms with Crippen LogP contribution in [-0.2, 0) is 26.1 Å². The summed E-state index contributed by atoms with van der Waals surface area (Å²) < 4.78 is 30.2. The van der Waals surface area contributed by atoms with Crippen LogP contribution in [0.3, 0.4) is 0 Å². The van der Waals surface area contributed by atoms with E-state index in [2.05, 4.69) is 4.72 Å². The van der Waals surface area contributed by atoms with Crippen LogP contribution >= 0.6 is 0 Å². The molecule has 0 bridgehead atoms. The Morgan fingerprint density at radius 3 is 2.30 bits per heavy atom. The van der Waals surface area contributed by atoms with Crippen molar-refractivity contribution in [1.29, 1.82) is 0 Å². The van der Waals surface area contributed by atoms with Gasteiger partial charge in [0.2, 0.25) is 10.0 Å². The molecule has 0 aliphatic rings. The first-order valence-electron chi connectivity index (χ1n) is 8.36. The second-order valence-electron chi connectivity index (χ2n) is 5.89. The Hall–Kier alpha value is -2.87. The van der Waals surface area contributed by atoms with Crippen LogP contribution in [0.2, 0.25) is 0 Å². The minimum atomic E-state index is -3.55. The van der Waals surface area contributed by atoms with Crippen LogP contribution in [0.25, 0.3) is 0 Å². The average Bonchev–Trinajstić information content (AvgIpc) is 2.64. The third kappa shape index (κ3) is 6.41. The maximum absolute atomic E-state index is 12.4. The Morgan fingerprint density at radius 2 is 1.67 bits per heavy atom. The zero-order valence-electron chi connectivity index (χ0n) is 15.2. The number of benzene rings is 2. The number of amides is 1. The van der Waals surface area contributed by atoms with E-state index in [4.69, 9.17) is 4.74 Å². The van der Waals surface area contributed by atoms with Crippen molar-refractivity contribution >= 4 is 27.6 Å². The molecule has 1 amide bonds. The lowest BCUT2D eigenvalue weighted by Gasteiger charge is -2.21. The Labute approximate surface area is 159 Å². The van der Waals surface area contributed by atoms with E-state index < -0.39 is 22.6 Å². The van der Waals surface area contributed by atoms with Crippen molar-refractivity contribution in [2.24, 2.45) is 0 Å². The lowest BCUT2D eigenvalue weighted by Crippen LogP contribution is -2.34. The quantitative estimate of drug-likeness (QED) is 0.698.